The molecule has 0 atom stereocenters. The van der Waals surface area contributed by atoms with E-state index in [9.17, 15) is 5.11 Å². The van der Waals surface area contributed by atoms with Crippen LogP contribution in [0.4, 0.5) is 0 Å². The van der Waals surface area contributed by atoms with Gasteiger partial charge in [-0.15, -0.1) is 0 Å². The van der Waals surface area contributed by atoms with E-state index >= 15 is 0 Å². The Hall–Kier alpha value is -1.66. The van der Waals surface area contributed by atoms with Gasteiger partial charge in [0, 0.05) is 16.1 Å². The van der Waals surface area contributed by atoms with E-state index in [1.807, 2.05) is 60.7 Å². The molecule has 0 fully saturated rings. The lowest BCUT2D eigenvalue weighted by molar-refractivity contribution is -0.0416. The summed E-state index contributed by atoms with van der Waals surface area (Å²) in [5.41, 5.74) is 1.77. The summed E-state index contributed by atoms with van der Waals surface area (Å²) in [4.78, 5) is 0. The first-order valence-electron chi connectivity index (χ1n) is 9.76. The van der Waals surface area contributed by atoms with Gasteiger partial charge in [-0.3, -0.25) is 0 Å². The molecule has 5 heteroatoms. The molecule has 30 heavy (non-hydrogen) atoms. The summed E-state index contributed by atoms with van der Waals surface area (Å²) in [6, 6.07) is 28.4. The van der Waals surface area contributed by atoms with Gasteiger partial charge >= 0.3 is 0 Å². The zero-order valence-electron chi connectivity index (χ0n) is 16.9. The Morgan fingerprint density at radius 2 is 1.20 bits per heavy atom. The van der Waals surface area contributed by atoms with Crippen LogP contribution in [0.1, 0.15) is 16.7 Å². The number of halogens is 2. The van der Waals surface area contributed by atoms with E-state index in [4.69, 9.17) is 9.47 Å². The van der Waals surface area contributed by atoms with Crippen LogP contribution in [0.5, 0.6) is 5.75 Å². The molecule has 0 bridgehead atoms. The van der Waals surface area contributed by atoms with E-state index in [1.54, 1.807) is 7.11 Å². The van der Waals surface area contributed by atoms with Gasteiger partial charge in [-0.2, -0.15) is 0 Å². The van der Waals surface area contributed by atoms with Gasteiger partial charge in [0.1, 0.15) is 11.4 Å². The molecule has 0 saturated carbocycles. The van der Waals surface area contributed by atoms with Crippen molar-refractivity contribution in [1.29, 1.82) is 0 Å². The average molecular weight is 534 g/mol. The highest BCUT2D eigenvalue weighted by molar-refractivity contribution is 9.09. The number of benzene rings is 3. The number of aliphatic hydroxyl groups excluding tert-OH is 1. The first-order chi connectivity index (χ1) is 14.6. The molecule has 0 aliphatic carbocycles. The van der Waals surface area contributed by atoms with Gasteiger partial charge < -0.3 is 14.6 Å². The Morgan fingerprint density at radius 1 is 0.733 bits per heavy atom. The molecule has 3 nitrogen and oxygen atoms in total. The maximum Gasteiger partial charge on any atom is 0.143 e. The Bertz CT molecular complexity index is 847. The summed E-state index contributed by atoms with van der Waals surface area (Å²) in [7, 11) is 1.66. The van der Waals surface area contributed by atoms with Crippen molar-refractivity contribution >= 4 is 31.9 Å². The van der Waals surface area contributed by atoms with E-state index in [-0.39, 0.29) is 6.61 Å². The second-order valence-electron chi connectivity index (χ2n) is 7.36. The van der Waals surface area contributed by atoms with Crippen LogP contribution in [-0.2, 0) is 10.3 Å². The first kappa shape index (κ1) is 23.0. The van der Waals surface area contributed by atoms with Crippen molar-refractivity contribution in [2.24, 2.45) is 5.41 Å². The monoisotopic (exact) mass is 532 g/mol. The number of ether oxygens (including phenoxy) is 2. The molecule has 0 radical (unpaired) electrons. The summed E-state index contributed by atoms with van der Waals surface area (Å²) in [5, 5.41) is 11.3. The van der Waals surface area contributed by atoms with E-state index < -0.39 is 11.0 Å². The highest BCUT2D eigenvalue weighted by Crippen LogP contribution is 2.42. The van der Waals surface area contributed by atoms with E-state index in [0.717, 1.165) is 22.4 Å². The fraction of sp³-hybridized carbons (Fsp3) is 0.280. The number of aliphatic hydroxyl groups is 1. The molecule has 0 heterocycles. The van der Waals surface area contributed by atoms with Crippen LogP contribution < -0.4 is 4.74 Å². The molecule has 0 aliphatic rings. The molecule has 0 aliphatic heterocycles. The Balaban J connectivity index is 2.21. The zero-order chi connectivity index (χ0) is 21.5. The van der Waals surface area contributed by atoms with Gasteiger partial charge in [-0.25, -0.2) is 0 Å². The molecule has 0 aromatic heterocycles. The largest absolute Gasteiger partial charge is 0.497 e. The Labute approximate surface area is 195 Å². The summed E-state index contributed by atoms with van der Waals surface area (Å²) in [6.45, 7) is 0.363. The van der Waals surface area contributed by atoms with Crippen molar-refractivity contribution < 1.29 is 14.6 Å². The molecule has 3 aromatic rings. The third kappa shape index (κ3) is 4.65. The minimum Gasteiger partial charge on any atom is -0.497 e. The van der Waals surface area contributed by atoms with Gasteiger partial charge in [0.2, 0.25) is 0 Å². The van der Waals surface area contributed by atoms with Crippen LogP contribution in [0, 0.1) is 5.41 Å². The lowest BCUT2D eigenvalue weighted by Gasteiger charge is -2.39. The summed E-state index contributed by atoms with van der Waals surface area (Å²) < 4.78 is 12.2. The van der Waals surface area contributed by atoms with Crippen molar-refractivity contribution in [3.63, 3.8) is 0 Å². The summed E-state index contributed by atoms with van der Waals surface area (Å²) in [6.07, 6.45) is 0. The third-order valence-electron chi connectivity index (χ3n) is 5.35. The molecule has 0 amide bonds. The molecule has 158 valence electrons. The highest BCUT2D eigenvalue weighted by Gasteiger charge is 2.40. The second-order valence-corrected chi connectivity index (χ2v) is 8.48. The Morgan fingerprint density at radius 3 is 1.60 bits per heavy atom. The lowest BCUT2D eigenvalue weighted by atomic mass is 9.79. The minimum absolute atomic E-state index is 0.00573. The zero-order valence-corrected chi connectivity index (χ0v) is 20.1. The van der Waals surface area contributed by atoms with E-state index in [0.29, 0.717) is 17.3 Å². The van der Waals surface area contributed by atoms with Crippen LogP contribution >= 0.6 is 31.9 Å². The highest BCUT2D eigenvalue weighted by atomic mass is 79.9. The number of hydrogen-bond acceptors (Lipinski definition) is 3. The number of alkyl halides is 2. The molecule has 0 unspecified atom stereocenters. The van der Waals surface area contributed by atoms with Crippen LogP contribution in [0.2, 0.25) is 0 Å². The number of methoxy groups -OCH3 is 1. The van der Waals surface area contributed by atoms with Gasteiger partial charge in [0.25, 0.3) is 0 Å². The van der Waals surface area contributed by atoms with Crippen molar-refractivity contribution in [2.45, 2.75) is 5.60 Å². The van der Waals surface area contributed by atoms with Crippen LogP contribution in [-0.4, -0.2) is 36.1 Å². The topological polar surface area (TPSA) is 38.7 Å². The van der Waals surface area contributed by atoms with Gasteiger partial charge in [-0.05, 0) is 28.8 Å². The fourth-order valence-electron chi connectivity index (χ4n) is 3.43. The SMILES string of the molecule is COc1ccc(C(OCC(CO)(CBr)CBr)(c2ccccc2)c2ccccc2)cc1. The molecule has 1 N–H and O–H groups in total. The molecule has 0 spiro atoms. The lowest BCUT2D eigenvalue weighted by Crippen LogP contribution is -2.41. The predicted molar refractivity (Wildman–Crippen MR) is 129 cm³/mol. The van der Waals surface area contributed by atoms with Gasteiger partial charge in [-0.1, -0.05) is 105 Å². The average Bonchev–Trinajstić information content (AvgIpc) is 2.84. The minimum atomic E-state index is -0.834. The Kier molecular flexibility index (Phi) is 8.12. The first-order valence-corrected chi connectivity index (χ1v) is 12.0. The van der Waals surface area contributed by atoms with Crippen LogP contribution in [0.3, 0.4) is 0 Å². The van der Waals surface area contributed by atoms with E-state index in [2.05, 4.69) is 56.1 Å². The van der Waals surface area contributed by atoms with Crippen LogP contribution in [0.25, 0.3) is 0 Å². The maximum absolute atomic E-state index is 10.1. The molecule has 0 saturated heterocycles. The molecule has 3 aromatic carbocycles. The quantitative estimate of drug-likeness (QED) is 0.265. The van der Waals surface area contributed by atoms with Crippen LogP contribution in [0.15, 0.2) is 84.9 Å². The van der Waals surface area contributed by atoms with Gasteiger partial charge in [0.15, 0.2) is 0 Å². The predicted octanol–water partition coefficient (Wildman–Crippen LogP) is 5.77. The summed E-state index contributed by atoms with van der Waals surface area (Å²) >= 11 is 7.12. The number of hydrogen-bond donors (Lipinski definition) is 1. The van der Waals surface area contributed by atoms with E-state index in [1.165, 1.54) is 0 Å². The van der Waals surface area contributed by atoms with Crippen molar-refractivity contribution in [1.82, 2.24) is 0 Å². The van der Waals surface area contributed by atoms with Crippen molar-refractivity contribution in [3.05, 3.63) is 102 Å². The third-order valence-corrected chi connectivity index (χ3v) is 7.73. The normalized spacial score (nSPS) is 12.0. The van der Waals surface area contributed by atoms with Crippen molar-refractivity contribution in [3.8, 4) is 5.75 Å². The second kappa shape index (κ2) is 10.6. The molecular formula is C25H26Br2O3. The molecular weight excluding hydrogens is 508 g/mol. The smallest absolute Gasteiger partial charge is 0.143 e. The standard InChI is InChI=1S/C25H26Br2O3/c1-29-23-14-12-22(13-15-23)25(20-8-4-2-5-9-20,21-10-6-3-7-11-21)30-19-24(16-26,17-27)18-28/h2-15,28H,16-19H2,1H3. The van der Waals surface area contributed by atoms with Gasteiger partial charge in [0.05, 0.1) is 20.3 Å². The number of rotatable bonds is 10. The fourth-order valence-corrected chi connectivity index (χ4v) is 5.03. The maximum atomic E-state index is 10.1. The summed E-state index contributed by atoms with van der Waals surface area (Å²) in [5.74, 6) is 0.791. The molecule has 3 rings (SSSR count). The van der Waals surface area contributed by atoms with Crippen molar-refractivity contribution in [2.75, 3.05) is 31.0 Å².